The van der Waals surface area contributed by atoms with Gasteiger partial charge in [0.1, 0.15) is 5.82 Å². The van der Waals surface area contributed by atoms with Crippen LogP contribution in [0.3, 0.4) is 0 Å². The van der Waals surface area contributed by atoms with Crippen molar-refractivity contribution in [2.75, 3.05) is 19.0 Å². The molecule has 0 amide bonds. The van der Waals surface area contributed by atoms with Crippen molar-refractivity contribution >= 4 is 5.82 Å². The molecule has 1 aromatic rings. The van der Waals surface area contributed by atoms with E-state index in [9.17, 15) is 0 Å². The van der Waals surface area contributed by atoms with E-state index in [0.717, 1.165) is 24.0 Å². The van der Waals surface area contributed by atoms with E-state index in [1.54, 1.807) is 0 Å². The monoisotopic (exact) mass is 248 g/mol. The Hall–Kier alpha value is -1.16. The van der Waals surface area contributed by atoms with Gasteiger partial charge in [-0.1, -0.05) is 19.8 Å². The van der Waals surface area contributed by atoms with E-state index in [-0.39, 0.29) is 0 Å². The van der Waals surface area contributed by atoms with Crippen molar-refractivity contribution in [3.05, 3.63) is 18.1 Å². The van der Waals surface area contributed by atoms with Gasteiger partial charge >= 0.3 is 0 Å². The van der Waals surface area contributed by atoms with Crippen molar-refractivity contribution in [2.24, 2.45) is 5.92 Å². The number of rotatable bonds is 4. The van der Waals surface area contributed by atoms with Crippen LogP contribution in [0.4, 0.5) is 5.82 Å². The van der Waals surface area contributed by atoms with Crippen LogP contribution in [-0.4, -0.2) is 30.1 Å². The molecule has 2 unspecified atom stereocenters. The Labute approximate surface area is 110 Å². The predicted molar refractivity (Wildman–Crippen MR) is 74.6 cm³/mol. The average molecular weight is 248 g/mol. The summed E-state index contributed by atoms with van der Waals surface area (Å²) in [5, 5.41) is 3.09. The third kappa shape index (κ3) is 3.19. The molecule has 0 aromatic carbocycles. The highest BCUT2D eigenvalue weighted by molar-refractivity contribution is 5.36. The molecule has 0 spiro atoms. The number of nitrogens with zero attached hydrogens (tertiary/aromatic N) is 3. The Kier molecular flexibility index (Phi) is 4.53. The fourth-order valence-electron chi connectivity index (χ4n) is 2.74. The molecule has 1 N–H and O–H groups in total. The van der Waals surface area contributed by atoms with E-state index >= 15 is 0 Å². The maximum absolute atomic E-state index is 4.52. The summed E-state index contributed by atoms with van der Waals surface area (Å²) in [7, 11) is 4.07. The fourth-order valence-corrected chi connectivity index (χ4v) is 2.74. The second kappa shape index (κ2) is 6.14. The summed E-state index contributed by atoms with van der Waals surface area (Å²) in [5.41, 5.74) is 0.992. The van der Waals surface area contributed by atoms with E-state index in [2.05, 4.69) is 34.2 Å². The third-order valence-electron chi connectivity index (χ3n) is 3.87. The first kappa shape index (κ1) is 13.3. The maximum atomic E-state index is 4.52. The largest absolute Gasteiger partial charge is 0.355 e. The highest BCUT2D eigenvalue weighted by Gasteiger charge is 2.23. The highest BCUT2D eigenvalue weighted by atomic mass is 15.2. The summed E-state index contributed by atoms with van der Waals surface area (Å²) in [6.45, 7) is 3.12. The first-order valence-corrected chi connectivity index (χ1v) is 6.89. The van der Waals surface area contributed by atoms with Gasteiger partial charge in [-0.15, -0.1) is 0 Å². The normalized spacial score (nSPS) is 23.9. The van der Waals surface area contributed by atoms with Crippen molar-refractivity contribution in [3.8, 4) is 0 Å². The summed E-state index contributed by atoms with van der Waals surface area (Å²) in [6, 6.07) is 0.623. The van der Waals surface area contributed by atoms with E-state index in [1.807, 2.05) is 19.4 Å². The lowest BCUT2D eigenvalue weighted by Crippen LogP contribution is -2.36. The summed E-state index contributed by atoms with van der Waals surface area (Å²) in [4.78, 5) is 11.3. The zero-order valence-corrected chi connectivity index (χ0v) is 11.7. The minimum atomic E-state index is 0.623. The number of aromatic nitrogens is 2. The minimum Gasteiger partial charge on any atom is -0.355 e. The number of anilines is 1. The van der Waals surface area contributed by atoms with Crippen LogP contribution >= 0.6 is 0 Å². The molecule has 18 heavy (non-hydrogen) atoms. The third-order valence-corrected chi connectivity index (χ3v) is 3.87. The van der Waals surface area contributed by atoms with Crippen LogP contribution in [0.25, 0.3) is 0 Å². The van der Waals surface area contributed by atoms with Crippen molar-refractivity contribution in [1.82, 2.24) is 15.3 Å². The van der Waals surface area contributed by atoms with E-state index in [0.29, 0.717) is 6.04 Å². The Morgan fingerprint density at radius 1 is 1.33 bits per heavy atom. The lowest BCUT2D eigenvalue weighted by Gasteiger charge is -2.34. The summed E-state index contributed by atoms with van der Waals surface area (Å²) < 4.78 is 0. The second-order valence-electron chi connectivity index (χ2n) is 5.43. The van der Waals surface area contributed by atoms with Crippen molar-refractivity contribution in [2.45, 2.75) is 45.2 Å². The van der Waals surface area contributed by atoms with Crippen LogP contribution in [0.15, 0.2) is 12.4 Å². The molecule has 2 atom stereocenters. The van der Waals surface area contributed by atoms with Crippen LogP contribution < -0.4 is 10.2 Å². The van der Waals surface area contributed by atoms with Gasteiger partial charge in [-0.05, 0) is 25.8 Å². The molecule has 0 saturated heterocycles. The van der Waals surface area contributed by atoms with Crippen LogP contribution in [-0.2, 0) is 6.54 Å². The Morgan fingerprint density at radius 2 is 2.17 bits per heavy atom. The molecule has 0 bridgehead atoms. The smallest absolute Gasteiger partial charge is 0.147 e. The Balaban J connectivity index is 2.01. The minimum absolute atomic E-state index is 0.623. The van der Waals surface area contributed by atoms with E-state index in [1.165, 1.54) is 25.7 Å². The van der Waals surface area contributed by atoms with Crippen LogP contribution in [0.1, 0.15) is 38.3 Å². The average Bonchev–Trinajstić information content (AvgIpc) is 2.39. The molecule has 0 aliphatic heterocycles. The Morgan fingerprint density at radius 3 is 2.78 bits per heavy atom. The summed E-state index contributed by atoms with van der Waals surface area (Å²) in [6.07, 6.45) is 9.02. The van der Waals surface area contributed by atoms with Gasteiger partial charge in [-0.2, -0.15) is 0 Å². The van der Waals surface area contributed by atoms with Gasteiger partial charge in [-0.25, -0.2) is 4.98 Å². The molecule has 1 aliphatic rings. The van der Waals surface area contributed by atoms with E-state index < -0.39 is 0 Å². The fraction of sp³-hybridized carbons (Fsp3) is 0.714. The maximum Gasteiger partial charge on any atom is 0.147 e. The summed E-state index contributed by atoms with van der Waals surface area (Å²) in [5.74, 6) is 1.83. The van der Waals surface area contributed by atoms with Gasteiger partial charge in [-0.3, -0.25) is 4.98 Å². The number of hydrogen-bond donors (Lipinski definition) is 1. The zero-order valence-electron chi connectivity index (χ0n) is 11.7. The second-order valence-corrected chi connectivity index (χ2v) is 5.43. The highest BCUT2D eigenvalue weighted by Crippen LogP contribution is 2.28. The Bertz CT molecular complexity index is 363. The molecule has 1 aromatic heterocycles. The van der Waals surface area contributed by atoms with E-state index in [4.69, 9.17) is 0 Å². The van der Waals surface area contributed by atoms with Gasteiger partial charge in [0, 0.05) is 19.6 Å². The standard InChI is InChI=1S/C14H24N4/c1-11-5-4-6-13(7-11)18(3)14-10-16-12(8-15-2)9-17-14/h9-11,13,15H,4-8H2,1-3H3. The lowest BCUT2D eigenvalue weighted by atomic mass is 9.86. The van der Waals surface area contributed by atoms with Crippen LogP contribution in [0.5, 0.6) is 0 Å². The molecule has 0 radical (unpaired) electrons. The molecule has 4 heteroatoms. The van der Waals surface area contributed by atoms with Gasteiger partial charge in [0.25, 0.3) is 0 Å². The summed E-state index contributed by atoms with van der Waals surface area (Å²) >= 11 is 0. The van der Waals surface area contributed by atoms with Gasteiger partial charge in [0.2, 0.25) is 0 Å². The first-order chi connectivity index (χ1) is 8.70. The van der Waals surface area contributed by atoms with Crippen LogP contribution in [0.2, 0.25) is 0 Å². The predicted octanol–water partition coefficient (Wildman–Crippen LogP) is 2.21. The lowest BCUT2D eigenvalue weighted by molar-refractivity contribution is 0.335. The van der Waals surface area contributed by atoms with Crippen molar-refractivity contribution in [1.29, 1.82) is 0 Å². The molecule has 1 saturated carbocycles. The molecule has 100 valence electrons. The van der Waals surface area contributed by atoms with Crippen LogP contribution in [0, 0.1) is 5.92 Å². The number of hydrogen-bond acceptors (Lipinski definition) is 4. The van der Waals surface area contributed by atoms with Gasteiger partial charge < -0.3 is 10.2 Å². The molecule has 1 aliphatic carbocycles. The topological polar surface area (TPSA) is 41.1 Å². The number of nitrogens with one attached hydrogen (secondary N) is 1. The van der Waals surface area contributed by atoms with Crippen molar-refractivity contribution in [3.63, 3.8) is 0 Å². The molecular formula is C14H24N4. The molecular weight excluding hydrogens is 224 g/mol. The SMILES string of the molecule is CNCc1cnc(N(C)C2CCCC(C)C2)cn1. The first-order valence-electron chi connectivity index (χ1n) is 6.89. The molecule has 2 rings (SSSR count). The molecule has 1 heterocycles. The van der Waals surface area contributed by atoms with Crippen molar-refractivity contribution < 1.29 is 0 Å². The van der Waals surface area contributed by atoms with Gasteiger partial charge in [0.15, 0.2) is 0 Å². The molecule has 1 fully saturated rings. The molecule has 4 nitrogen and oxygen atoms in total. The zero-order chi connectivity index (χ0) is 13.0. The van der Waals surface area contributed by atoms with Gasteiger partial charge in [0.05, 0.1) is 18.1 Å². The quantitative estimate of drug-likeness (QED) is 0.887.